The summed E-state index contributed by atoms with van der Waals surface area (Å²) in [5, 5.41) is 2.21. The third-order valence-electron chi connectivity index (χ3n) is 4.01. The summed E-state index contributed by atoms with van der Waals surface area (Å²) in [6.45, 7) is 5.90. The van der Waals surface area contributed by atoms with E-state index in [1.165, 1.54) is 0 Å². The lowest BCUT2D eigenvalue weighted by atomic mass is 10.1. The molecule has 0 atom stereocenters. The third-order valence-corrected chi connectivity index (χ3v) is 4.01. The summed E-state index contributed by atoms with van der Waals surface area (Å²) in [7, 11) is 0. The van der Waals surface area contributed by atoms with Gasteiger partial charge < -0.3 is 15.6 Å². The molecule has 6 heteroatoms. The van der Waals surface area contributed by atoms with Gasteiger partial charge in [0.2, 0.25) is 0 Å². The average molecular weight is 298 g/mol. The number of nitrogens with one attached hydrogen (secondary N) is 1. The van der Waals surface area contributed by atoms with E-state index in [4.69, 9.17) is 5.73 Å². The molecule has 0 spiro atoms. The highest BCUT2D eigenvalue weighted by Gasteiger charge is 2.21. The highest BCUT2D eigenvalue weighted by molar-refractivity contribution is 6.10. The van der Waals surface area contributed by atoms with Gasteiger partial charge >= 0.3 is 0 Å². The first kappa shape index (κ1) is 14.7. The Morgan fingerprint density at radius 1 is 1.23 bits per heavy atom. The Labute approximate surface area is 129 Å². The molecule has 116 valence electrons. The molecule has 4 rings (SSSR count). The van der Waals surface area contributed by atoms with E-state index >= 15 is 0 Å². The second-order valence-corrected chi connectivity index (χ2v) is 5.29. The molecule has 6 nitrogen and oxygen atoms in total. The molecule has 0 aliphatic carbocycles. The van der Waals surface area contributed by atoms with Crippen molar-refractivity contribution >= 4 is 27.8 Å². The highest BCUT2D eigenvalue weighted by atomic mass is 15.2. The largest absolute Gasteiger partial charge is 0.356 e. The number of H-pyrrole nitrogens is 1. The van der Waals surface area contributed by atoms with Crippen molar-refractivity contribution < 1.29 is 0 Å². The maximum Gasteiger partial charge on any atom is 0.143 e. The topological polar surface area (TPSA) is 83.7 Å². The van der Waals surface area contributed by atoms with Gasteiger partial charge in [0, 0.05) is 30.7 Å². The van der Waals surface area contributed by atoms with Crippen LogP contribution in [0.3, 0.4) is 0 Å². The Balaban J connectivity index is 0.000000693. The molecule has 0 unspecified atom stereocenters. The first-order valence-corrected chi connectivity index (χ1v) is 7.90. The molecule has 22 heavy (non-hydrogen) atoms. The van der Waals surface area contributed by atoms with Crippen LogP contribution in [0.2, 0.25) is 0 Å². The monoisotopic (exact) mass is 298 g/mol. The molecular weight excluding hydrogens is 276 g/mol. The number of hydrogen-bond donors (Lipinski definition) is 2. The van der Waals surface area contributed by atoms with Crippen LogP contribution >= 0.6 is 0 Å². The van der Waals surface area contributed by atoms with E-state index in [1.807, 2.05) is 26.1 Å². The van der Waals surface area contributed by atoms with Gasteiger partial charge in [0.15, 0.2) is 0 Å². The maximum absolute atomic E-state index is 5.98. The summed E-state index contributed by atoms with van der Waals surface area (Å²) in [4.78, 5) is 18.6. The molecule has 0 aromatic carbocycles. The predicted octanol–water partition coefficient (Wildman–Crippen LogP) is 2.46. The highest BCUT2D eigenvalue weighted by Crippen LogP contribution is 2.31. The smallest absolute Gasteiger partial charge is 0.143 e. The number of aromatic nitrogens is 4. The standard InChI is InChI=1S/C14H16N6.C2H6/c15-9-2-5-20(6-3-9)14-12-10-1-4-16-7-11(10)19-13(12)17-8-18-14;1-2/h1,4,7-9H,2-3,5-6,15H2,(H,17,18,19);1-2H3. The van der Waals surface area contributed by atoms with E-state index in [0.29, 0.717) is 6.04 Å². The van der Waals surface area contributed by atoms with E-state index in [0.717, 1.165) is 53.7 Å². The van der Waals surface area contributed by atoms with Crippen molar-refractivity contribution in [1.82, 2.24) is 19.9 Å². The summed E-state index contributed by atoms with van der Waals surface area (Å²) in [5.41, 5.74) is 7.85. The van der Waals surface area contributed by atoms with Crippen LogP contribution < -0.4 is 10.6 Å². The molecule has 3 N–H and O–H groups in total. The number of nitrogens with two attached hydrogens (primary N) is 1. The third kappa shape index (κ3) is 2.50. The molecule has 3 aromatic rings. The Hall–Kier alpha value is -2.21. The zero-order valence-electron chi connectivity index (χ0n) is 13.1. The van der Waals surface area contributed by atoms with E-state index in [9.17, 15) is 0 Å². The number of anilines is 1. The second-order valence-electron chi connectivity index (χ2n) is 5.29. The van der Waals surface area contributed by atoms with Gasteiger partial charge in [-0.2, -0.15) is 0 Å². The number of fused-ring (bicyclic) bond motifs is 3. The van der Waals surface area contributed by atoms with Crippen LogP contribution in [0.5, 0.6) is 0 Å². The number of pyridine rings is 1. The van der Waals surface area contributed by atoms with Crippen molar-refractivity contribution in [3.8, 4) is 0 Å². The van der Waals surface area contributed by atoms with E-state index in [-0.39, 0.29) is 0 Å². The van der Waals surface area contributed by atoms with Gasteiger partial charge in [0.05, 0.1) is 17.1 Å². The molecular formula is C16H22N6. The van der Waals surface area contributed by atoms with Gasteiger partial charge in [-0.15, -0.1) is 0 Å². The fourth-order valence-electron chi connectivity index (χ4n) is 2.91. The normalized spacial score (nSPS) is 15.9. The second kappa shape index (κ2) is 6.27. The molecule has 1 aliphatic heterocycles. The summed E-state index contributed by atoms with van der Waals surface area (Å²) in [5.74, 6) is 0.999. The van der Waals surface area contributed by atoms with Crippen LogP contribution in [0.25, 0.3) is 21.9 Å². The molecule has 0 amide bonds. The van der Waals surface area contributed by atoms with Crippen molar-refractivity contribution in [2.24, 2.45) is 5.73 Å². The number of rotatable bonds is 1. The number of piperidine rings is 1. The zero-order chi connectivity index (χ0) is 15.5. The van der Waals surface area contributed by atoms with Crippen LogP contribution in [0.15, 0.2) is 24.8 Å². The Morgan fingerprint density at radius 3 is 2.77 bits per heavy atom. The lowest BCUT2D eigenvalue weighted by Gasteiger charge is -2.31. The molecule has 0 bridgehead atoms. The Kier molecular flexibility index (Phi) is 4.20. The fraction of sp³-hybridized carbons (Fsp3) is 0.438. The van der Waals surface area contributed by atoms with Crippen molar-refractivity contribution in [3.63, 3.8) is 0 Å². The lowest BCUT2D eigenvalue weighted by molar-refractivity contribution is 0.499. The summed E-state index contributed by atoms with van der Waals surface area (Å²) >= 11 is 0. The first-order valence-electron chi connectivity index (χ1n) is 7.90. The molecule has 0 radical (unpaired) electrons. The van der Waals surface area contributed by atoms with Crippen LogP contribution in [0.4, 0.5) is 5.82 Å². The van der Waals surface area contributed by atoms with Gasteiger partial charge in [0.25, 0.3) is 0 Å². The molecule has 1 saturated heterocycles. The fourth-order valence-corrected chi connectivity index (χ4v) is 2.91. The van der Waals surface area contributed by atoms with Crippen molar-refractivity contribution in [3.05, 3.63) is 24.8 Å². The molecule has 1 fully saturated rings. The first-order chi connectivity index (χ1) is 10.8. The molecule has 3 aromatic heterocycles. The number of hydrogen-bond acceptors (Lipinski definition) is 5. The van der Waals surface area contributed by atoms with Crippen molar-refractivity contribution in [2.45, 2.75) is 32.7 Å². The van der Waals surface area contributed by atoms with Crippen LogP contribution in [0, 0.1) is 0 Å². The van der Waals surface area contributed by atoms with E-state index in [2.05, 4.69) is 24.8 Å². The van der Waals surface area contributed by atoms with Crippen LogP contribution in [-0.4, -0.2) is 39.1 Å². The van der Waals surface area contributed by atoms with Gasteiger partial charge in [0.1, 0.15) is 17.8 Å². The van der Waals surface area contributed by atoms with Gasteiger partial charge in [-0.25, -0.2) is 9.97 Å². The van der Waals surface area contributed by atoms with E-state index < -0.39 is 0 Å². The predicted molar refractivity (Wildman–Crippen MR) is 90.0 cm³/mol. The molecule has 1 aliphatic rings. The average Bonchev–Trinajstić information content (AvgIpc) is 2.96. The van der Waals surface area contributed by atoms with Crippen molar-refractivity contribution in [2.75, 3.05) is 18.0 Å². The van der Waals surface area contributed by atoms with Crippen molar-refractivity contribution in [1.29, 1.82) is 0 Å². The van der Waals surface area contributed by atoms with Gasteiger partial charge in [-0.05, 0) is 18.9 Å². The molecule has 4 heterocycles. The zero-order valence-corrected chi connectivity index (χ0v) is 13.1. The summed E-state index contributed by atoms with van der Waals surface area (Å²) in [6.07, 6.45) is 7.27. The Bertz CT molecular complexity index is 758. The van der Waals surface area contributed by atoms with Gasteiger partial charge in [-0.1, -0.05) is 13.8 Å². The van der Waals surface area contributed by atoms with E-state index in [1.54, 1.807) is 12.5 Å². The number of nitrogens with zero attached hydrogens (tertiary/aromatic N) is 4. The Morgan fingerprint density at radius 2 is 2.00 bits per heavy atom. The minimum absolute atomic E-state index is 0.316. The quantitative estimate of drug-likeness (QED) is 0.721. The molecule has 0 saturated carbocycles. The minimum Gasteiger partial charge on any atom is -0.356 e. The summed E-state index contributed by atoms with van der Waals surface area (Å²) in [6, 6.07) is 2.33. The summed E-state index contributed by atoms with van der Waals surface area (Å²) < 4.78 is 0. The number of aromatic amines is 1. The SMILES string of the molecule is CC.NC1CCN(c2ncnc3[nH]c4cnccc4c23)CC1. The maximum atomic E-state index is 5.98. The van der Waals surface area contributed by atoms with Crippen LogP contribution in [-0.2, 0) is 0 Å². The van der Waals surface area contributed by atoms with Crippen LogP contribution in [0.1, 0.15) is 26.7 Å². The minimum atomic E-state index is 0.316. The lowest BCUT2D eigenvalue weighted by Crippen LogP contribution is -2.40. The van der Waals surface area contributed by atoms with Gasteiger partial charge in [-0.3, -0.25) is 4.98 Å².